The summed E-state index contributed by atoms with van der Waals surface area (Å²) in [6, 6.07) is 0. The van der Waals surface area contributed by atoms with Gasteiger partial charge in [0.05, 0.1) is 49.3 Å². The molecule has 0 radical (unpaired) electrons. The van der Waals surface area contributed by atoms with Gasteiger partial charge in [-0.3, -0.25) is 42.5 Å². The molecular formula is C32H56I2N8Zn. The molecule has 5 aliphatic heterocycles. The van der Waals surface area contributed by atoms with E-state index in [1.165, 1.54) is 103 Å². The van der Waals surface area contributed by atoms with Gasteiger partial charge in [0.2, 0.25) is 0 Å². The van der Waals surface area contributed by atoms with Gasteiger partial charge in [0.1, 0.15) is 0 Å². The Balaban J connectivity index is 0.000000892. The zero-order valence-corrected chi connectivity index (χ0v) is 33.3. The predicted molar refractivity (Wildman–Crippen MR) is 185 cm³/mol. The maximum atomic E-state index is 4.26. The standard InChI is InChI=1S/C32H56N8.2HI.Zn/c1-2-10-18-17(9-1)25-33-26(18)38-28-21-13-5-6-14-22(21)30(35-28)40-32-24-16-8-7-15-23(24)31(36-32)39-29-20-12-4-3-11-19(20)27(34-29)37-25;;;/h17-40H,1-16H2;2*1H;/q;;;+2/p-2. The van der Waals surface area contributed by atoms with Gasteiger partial charge >= 0.3 is 49.6 Å². The van der Waals surface area contributed by atoms with E-state index in [1.54, 1.807) is 0 Å². The third kappa shape index (κ3) is 6.34. The minimum absolute atomic E-state index is 0.0650. The fourth-order valence-electron chi connectivity index (χ4n) is 12.0. The Morgan fingerprint density at radius 2 is 0.395 bits per heavy atom. The normalized spacial score (nSPS) is 53.8. The van der Waals surface area contributed by atoms with Gasteiger partial charge in [0.15, 0.2) is 0 Å². The van der Waals surface area contributed by atoms with E-state index >= 15 is 0 Å². The molecule has 5 saturated heterocycles. The van der Waals surface area contributed by atoms with E-state index in [0.717, 1.165) is 47.3 Å². The van der Waals surface area contributed by atoms with E-state index in [9.17, 15) is 0 Å². The molecule has 9 fully saturated rings. The summed E-state index contributed by atoms with van der Waals surface area (Å²) in [6.45, 7) is 0. The van der Waals surface area contributed by atoms with E-state index in [4.69, 9.17) is 0 Å². The molecule has 8 unspecified atom stereocenters. The fraction of sp³-hybridized carbons (Fsp3) is 1.00. The summed E-state index contributed by atoms with van der Waals surface area (Å²) in [6.07, 6.45) is 25.6. The molecule has 0 spiro atoms. The van der Waals surface area contributed by atoms with Gasteiger partial charge in [-0.15, -0.1) is 0 Å². The Bertz CT molecular complexity index is 743. The van der Waals surface area contributed by atoms with Crippen molar-refractivity contribution in [3.63, 3.8) is 0 Å². The summed E-state index contributed by atoms with van der Waals surface area (Å²) in [5, 5.41) is 33.8. The van der Waals surface area contributed by atoms with Gasteiger partial charge in [-0.1, -0.05) is 51.4 Å². The molecule has 9 aliphatic rings. The molecular weight excluding hydrogens is 816 g/mol. The van der Waals surface area contributed by atoms with Crippen molar-refractivity contribution >= 4 is 39.5 Å². The first kappa shape index (κ1) is 32.0. The van der Waals surface area contributed by atoms with E-state index < -0.39 is 0 Å². The maximum absolute atomic E-state index is 4.26. The SMILES string of the molecule is C1CCC2C3NC(NC4NC(NC5NC(NC6NC(N3)C3CCCCC63)C3CCCCC53)C3CCCCC43)C2C1.[I][Zn][I]. The second-order valence-electron chi connectivity index (χ2n) is 15.7. The van der Waals surface area contributed by atoms with Gasteiger partial charge < -0.3 is 0 Å². The van der Waals surface area contributed by atoms with Crippen LogP contribution in [-0.4, -0.2) is 49.3 Å². The molecule has 4 aliphatic carbocycles. The van der Waals surface area contributed by atoms with Gasteiger partial charge in [0, 0.05) is 0 Å². The van der Waals surface area contributed by atoms with Crippen molar-refractivity contribution in [2.75, 3.05) is 0 Å². The van der Waals surface area contributed by atoms with Gasteiger partial charge in [0.25, 0.3) is 0 Å². The molecule has 0 amide bonds. The van der Waals surface area contributed by atoms with Crippen LogP contribution in [0.4, 0.5) is 0 Å². The first-order chi connectivity index (χ1) is 21.2. The van der Waals surface area contributed by atoms with Crippen LogP contribution in [-0.2, 0) is 10.1 Å². The summed E-state index contributed by atoms with van der Waals surface area (Å²) in [5.74, 6) is 5.97. The average Bonchev–Trinajstić information content (AvgIpc) is 3.77. The van der Waals surface area contributed by atoms with E-state index in [0.29, 0.717) is 49.3 Å². The summed E-state index contributed by atoms with van der Waals surface area (Å²) in [7, 11) is 0.0650. The zero-order valence-electron chi connectivity index (χ0n) is 26.0. The molecule has 11 heteroatoms. The van der Waals surface area contributed by atoms with E-state index in [-0.39, 0.29) is 10.1 Å². The Kier molecular flexibility index (Phi) is 10.7. The predicted octanol–water partition coefficient (Wildman–Crippen LogP) is 4.37. The second-order valence-corrected chi connectivity index (χ2v) is 39.2. The average molecular weight is 872 g/mol. The third-order valence-electron chi connectivity index (χ3n) is 13.8. The molecule has 0 aromatic carbocycles. The molecule has 5 heterocycles. The van der Waals surface area contributed by atoms with Crippen molar-refractivity contribution < 1.29 is 10.1 Å². The number of rotatable bonds is 0. The van der Waals surface area contributed by atoms with Crippen molar-refractivity contribution in [3.05, 3.63) is 0 Å². The van der Waals surface area contributed by atoms with E-state index in [1.807, 2.05) is 0 Å². The number of hydrogen-bond acceptors (Lipinski definition) is 8. The summed E-state index contributed by atoms with van der Waals surface area (Å²) >= 11 is 4.93. The molecule has 8 atom stereocenters. The molecule has 8 N–H and O–H groups in total. The van der Waals surface area contributed by atoms with Gasteiger partial charge in [-0.05, 0) is 98.7 Å². The number of fused-ring (bicyclic) bond motifs is 20. The summed E-state index contributed by atoms with van der Waals surface area (Å²) in [4.78, 5) is 0. The van der Waals surface area contributed by atoms with Crippen molar-refractivity contribution in [1.29, 1.82) is 0 Å². The number of hydrogen-bond donors (Lipinski definition) is 8. The monoisotopic (exact) mass is 870 g/mol. The molecule has 0 aromatic heterocycles. The van der Waals surface area contributed by atoms with Crippen molar-refractivity contribution in [3.8, 4) is 0 Å². The first-order valence-corrected chi connectivity index (χ1v) is 36.5. The van der Waals surface area contributed by atoms with E-state index in [2.05, 4.69) is 82.0 Å². The Hall–Kier alpha value is 1.76. The number of nitrogens with one attached hydrogen (secondary N) is 8. The first-order valence-electron chi connectivity index (χ1n) is 18.4. The Labute approximate surface area is 289 Å². The third-order valence-corrected chi connectivity index (χ3v) is 13.8. The quantitative estimate of drug-likeness (QED) is 0.135. The molecule has 0 aromatic rings. The van der Waals surface area contributed by atoms with Crippen LogP contribution in [0, 0.1) is 47.3 Å². The van der Waals surface area contributed by atoms with Crippen molar-refractivity contribution in [1.82, 2.24) is 42.5 Å². The van der Waals surface area contributed by atoms with Crippen LogP contribution < -0.4 is 42.5 Å². The van der Waals surface area contributed by atoms with Crippen LogP contribution in [0.3, 0.4) is 0 Å². The molecule has 9 rings (SSSR count). The van der Waals surface area contributed by atoms with Gasteiger partial charge in [-0.2, -0.15) is 0 Å². The van der Waals surface area contributed by atoms with Crippen molar-refractivity contribution in [2.24, 2.45) is 47.3 Å². The van der Waals surface area contributed by atoms with Crippen LogP contribution >= 0.6 is 39.5 Å². The van der Waals surface area contributed by atoms with Crippen LogP contribution in [0.2, 0.25) is 0 Å². The molecule has 43 heavy (non-hydrogen) atoms. The van der Waals surface area contributed by atoms with Crippen LogP contribution in [0.5, 0.6) is 0 Å². The molecule has 240 valence electrons. The van der Waals surface area contributed by atoms with Crippen molar-refractivity contribution in [2.45, 2.75) is 152 Å². The van der Waals surface area contributed by atoms with Gasteiger partial charge in [-0.25, -0.2) is 0 Å². The summed E-state index contributed by atoms with van der Waals surface area (Å²) in [5.41, 5.74) is 0. The Morgan fingerprint density at radius 1 is 0.279 bits per heavy atom. The topological polar surface area (TPSA) is 96.2 Å². The minimum atomic E-state index is 0.0650. The molecule has 4 saturated carbocycles. The Morgan fingerprint density at radius 3 is 0.512 bits per heavy atom. The number of halogens is 2. The second kappa shape index (κ2) is 14.3. The van der Waals surface area contributed by atoms with Crippen LogP contribution in [0.1, 0.15) is 103 Å². The molecule has 8 nitrogen and oxygen atoms in total. The van der Waals surface area contributed by atoms with Crippen LogP contribution in [0.15, 0.2) is 0 Å². The zero-order chi connectivity index (χ0) is 28.9. The molecule has 8 bridgehead atoms. The van der Waals surface area contributed by atoms with Crippen LogP contribution in [0.25, 0.3) is 0 Å². The summed E-state index contributed by atoms with van der Waals surface area (Å²) < 4.78 is 0. The fourth-order valence-corrected chi connectivity index (χ4v) is 12.0.